The first kappa shape index (κ1) is 24.4. The minimum absolute atomic E-state index is 0.214. The molecule has 0 radical (unpaired) electrons. The van der Waals surface area contributed by atoms with Crippen molar-refractivity contribution in [1.82, 2.24) is 9.13 Å². The highest BCUT2D eigenvalue weighted by Gasteiger charge is 2.36. The number of halogens is 1. The molecular formula is C24H28ClN4O5+. The van der Waals surface area contributed by atoms with Crippen molar-refractivity contribution in [1.29, 1.82) is 0 Å². The van der Waals surface area contributed by atoms with Crippen LogP contribution >= 0.6 is 11.6 Å². The Bertz CT molecular complexity index is 1230. The number of rotatable bonds is 7. The molecule has 10 heteroatoms. The summed E-state index contributed by atoms with van der Waals surface area (Å²) < 4.78 is 13.9. The van der Waals surface area contributed by atoms with Crippen molar-refractivity contribution in [2.75, 3.05) is 19.8 Å². The molecule has 1 fully saturated rings. The zero-order valence-corrected chi connectivity index (χ0v) is 19.8. The Morgan fingerprint density at radius 3 is 2.79 bits per heavy atom. The van der Waals surface area contributed by atoms with Crippen LogP contribution in [0.1, 0.15) is 31.2 Å². The fourth-order valence-corrected chi connectivity index (χ4v) is 4.25. The van der Waals surface area contributed by atoms with Gasteiger partial charge in [0.1, 0.15) is 13.2 Å². The zero-order valence-electron chi connectivity index (χ0n) is 19.1. The third-order valence-corrected chi connectivity index (χ3v) is 6.12. The highest BCUT2D eigenvalue weighted by Crippen LogP contribution is 2.20. The van der Waals surface area contributed by atoms with E-state index in [1.807, 2.05) is 12.1 Å². The minimum Gasteiger partial charge on any atom is -0.384 e. The molecule has 1 aromatic heterocycles. The summed E-state index contributed by atoms with van der Waals surface area (Å²) in [4.78, 5) is 31.5. The van der Waals surface area contributed by atoms with Crippen LogP contribution in [0.3, 0.4) is 0 Å². The SMILES string of the molecule is Cn1c2c(c(=O)n(CCCOC3CCCCO3)c1=O)[NH+](Cc1ccc(Cl)cc1)C(C#CCO)=N2. The summed E-state index contributed by atoms with van der Waals surface area (Å²) in [6.45, 7) is 1.36. The molecule has 1 aromatic carbocycles. The van der Waals surface area contributed by atoms with E-state index < -0.39 is 11.2 Å². The van der Waals surface area contributed by atoms with E-state index in [4.69, 9.17) is 26.2 Å². The van der Waals surface area contributed by atoms with Gasteiger partial charge in [-0.2, -0.15) is 4.99 Å². The number of ether oxygens (including phenoxy) is 2. The number of benzene rings is 1. The second-order valence-corrected chi connectivity index (χ2v) is 8.66. The summed E-state index contributed by atoms with van der Waals surface area (Å²) in [5.41, 5.74) is 0.436. The average Bonchev–Trinajstić information content (AvgIpc) is 3.21. The predicted molar refractivity (Wildman–Crippen MR) is 128 cm³/mol. The third kappa shape index (κ3) is 5.32. The molecule has 2 aromatic rings. The molecule has 0 spiro atoms. The van der Waals surface area contributed by atoms with Gasteiger partial charge in [-0.05, 0) is 37.8 Å². The van der Waals surface area contributed by atoms with Crippen LogP contribution < -0.4 is 16.1 Å². The number of nitrogens with one attached hydrogen (secondary N) is 1. The van der Waals surface area contributed by atoms with Crippen LogP contribution in [0.25, 0.3) is 0 Å². The van der Waals surface area contributed by atoms with Gasteiger partial charge in [0.15, 0.2) is 6.29 Å². The van der Waals surface area contributed by atoms with Crippen LogP contribution in [-0.4, -0.2) is 46.2 Å². The lowest BCUT2D eigenvalue weighted by molar-refractivity contribution is -0.743. The molecule has 2 N–H and O–H groups in total. The predicted octanol–water partition coefficient (Wildman–Crippen LogP) is 0.890. The van der Waals surface area contributed by atoms with Crippen molar-refractivity contribution in [2.45, 2.75) is 45.1 Å². The Labute approximate surface area is 202 Å². The summed E-state index contributed by atoms with van der Waals surface area (Å²) in [6, 6.07) is 7.29. The highest BCUT2D eigenvalue weighted by molar-refractivity contribution is 6.30. The Balaban J connectivity index is 1.60. The van der Waals surface area contributed by atoms with Crippen LogP contribution in [0.15, 0.2) is 38.8 Å². The van der Waals surface area contributed by atoms with E-state index in [1.165, 1.54) is 9.13 Å². The van der Waals surface area contributed by atoms with E-state index in [0.29, 0.717) is 47.6 Å². The van der Waals surface area contributed by atoms with Crippen molar-refractivity contribution in [2.24, 2.45) is 12.0 Å². The van der Waals surface area contributed by atoms with Crippen LogP contribution in [0.5, 0.6) is 0 Å². The number of aliphatic imine (C=N–C) groups is 1. The summed E-state index contributed by atoms with van der Waals surface area (Å²) in [7, 11) is 1.59. The summed E-state index contributed by atoms with van der Waals surface area (Å²) in [5, 5.41) is 9.78. The van der Waals surface area contributed by atoms with Crippen molar-refractivity contribution in [3.05, 3.63) is 55.7 Å². The zero-order chi connectivity index (χ0) is 24.1. The molecule has 4 rings (SSSR count). The largest absolute Gasteiger partial charge is 0.384 e. The molecule has 3 heterocycles. The van der Waals surface area contributed by atoms with Gasteiger partial charge >= 0.3 is 11.2 Å². The fourth-order valence-electron chi connectivity index (χ4n) is 4.13. The van der Waals surface area contributed by atoms with E-state index in [2.05, 4.69) is 16.8 Å². The third-order valence-electron chi connectivity index (χ3n) is 5.87. The Hall–Kier alpha value is -2.74. The molecule has 2 aliphatic heterocycles. The highest BCUT2D eigenvalue weighted by atomic mass is 35.5. The number of hydrogen-bond acceptors (Lipinski definition) is 6. The van der Waals surface area contributed by atoms with Gasteiger partial charge in [-0.15, -0.1) is 0 Å². The Morgan fingerprint density at radius 2 is 2.09 bits per heavy atom. The lowest BCUT2D eigenvalue weighted by atomic mass is 10.2. The molecule has 2 unspecified atom stereocenters. The smallest absolute Gasteiger partial charge is 0.332 e. The number of hydrogen-bond donors (Lipinski definition) is 2. The minimum atomic E-state index is -0.441. The maximum atomic E-state index is 13.5. The molecule has 0 saturated carbocycles. The molecule has 0 aliphatic carbocycles. The first-order valence-corrected chi connectivity index (χ1v) is 11.7. The number of aliphatic hydroxyl groups excluding tert-OH is 1. The van der Waals surface area contributed by atoms with Crippen molar-refractivity contribution in [3.63, 3.8) is 0 Å². The van der Waals surface area contributed by atoms with Crippen LogP contribution in [0.2, 0.25) is 5.02 Å². The van der Waals surface area contributed by atoms with Crippen LogP contribution in [-0.2, 0) is 29.6 Å². The fraction of sp³-hybridized carbons (Fsp3) is 0.458. The van der Waals surface area contributed by atoms with Gasteiger partial charge < -0.3 is 14.6 Å². The number of amidine groups is 1. The van der Waals surface area contributed by atoms with Crippen molar-refractivity contribution >= 4 is 28.9 Å². The van der Waals surface area contributed by atoms with Gasteiger partial charge in [-0.3, -0.25) is 13.9 Å². The van der Waals surface area contributed by atoms with Gasteiger partial charge in [0.25, 0.3) is 5.84 Å². The number of aliphatic hydroxyl groups is 1. The molecule has 2 aliphatic rings. The maximum Gasteiger partial charge on any atom is 0.332 e. The second kappa shape index (κ2) is 11.1. The van der Waals surface area contributed by atoms with Crippen LogP contribution in [0, 0.1) is 11.8 Å². The molecule has 0 amide bonds. The lowest BCUT2D eigenvalue weighted by Gasteiger charge is -2.22. The number of aromatic nitrogens is 2. The molecule has 1 saturated heterocycles. The number of fused-ring (bicyclic) bond motifs is 1. The Kier molecular flexibility index (Phi) is 7.98. The second-order valence-electron chi connectivity index (χ2n) is 8.22. The summed E-state index contributed by atoms with van der Waals surface area (Å²) in [6.07, 6.45) is 3.26. The monoisotopic (exact) mass is 487 g/mol. The van der Waals surface area contributed by atoms with Gasteiger partial charge in [0.05, 0.1) is 6.61 Å². The quantitative estimate of drug-likeness (QED) is 0.446. The van der Waals surface area contributed by atoms with Gasteiger partial charge in [0, 0.05) is 36.7 Å². The first-order chi connectivity index (χ1) is 16.5. The molecule has 34 heavy (non-hydrogen) atoms. The van der Waals surface area contributed by atoms with E-state index in [1.54, 1.807) is 19.2 Å². The van der Waals surface area contributed by atoms with Gasteiger partial charge in [-0.1, -0.05) is 29.7 Å². The average molecular weight is 488 g/mol. The molecular weight excluding hydrogens is 460 g/mol. The van der Waals surface area contributed by atoms with E-state index in [0.717, 1.165) is 24.8 Å². The normalized spacial score (nSPS) is 19.3. The van der Waals surface area contributed by atoms with E-state index >= 15 is 0 Å². The maximum absolute atomic E-state index is 13.5. The van der Waals surface area contributed by atoms with Gasteiger partial charge in [-0.25, -0.2) is 9.69 Å². The summed E-state index contributed by atoms with van der Waals surface area (Å²) in [5.74, 6) is 6.09. The molecule has 180 valence electrons. The topological polar surface area (TPSA) is 99.5 Å². The van der Waals surface area contributed by atoms with E-state index in [-0.39, 0.29) is 25.3 Å². The first-order valence-electron chi connectivity index (χ1n) is 11.4. The molecule has 2 atom stereocenters. The van der Waals surface area contributed by atoms with E-state index in [9.17, 15) is 9.59 Å². The van der Waals surface area contributed by atoms with Gasteiger partial charge in [0.2, 0.25) is 11.5 Å². The lowest BCUT2D eigenvalue weighted by Crippen LogP contribution is -3.08. The van der Waals surface area contributed by atoms with Crippen molar-refractivity contribution in [3.8, 4) is 11.8 Å². The van der Waals surface area contributed by atoms with Crippen LogP contribution in [0.4, 0.5) is 11.5 Å². The standard InChI is InChI=1S/C24H27ClN4O5/c1-27-22-21(23(31)28(24(27)32)12-5-15-34-20-7-2-3-14-33-20)29(19(26-22)6-4-13-30)16-17-8-10-18(25)11-9-17/h8-11,20,30H,2-3,5,7,12-16H2,1H3/p+1. The summed E-state index contributed by atoms with van der Waals surface area (Å²) >= 11 is 6.01. The number of nitrogens with zero attached hydrogens (tertiary/aromatic N) is 3. The molecule has 0 bridgehead atoms. The van der Waals surface area contributed by atoms with Crippen molar-refractivity contribution < 1.29 is 19.5 Å². The molecule has 9 nitrogen and oxygen atoms in total. The number of quaternary nitrogens is 1. The Morgan fingerprint density at radius 1 is 1.29 bits per heavy atom.